The second kappa shape index (κ2) is 5.66. The van der Waals surface area contributed by atoms with E-state index in [9.17, 15) is 4.39 Å². The third-order valence-electron chi connectivity index (χ3n) is 2.22. The molecule has 0 unspecified atom stereocenters. The smallest absolute Gasteiger partial charge is 0.140 e. The minimum absolute atomic E-state index is 0.223. The number of ether oxygens (including phenoxy) is 1. The number of hydrogen-bond acceptors (Lipinski definition) is 4. The maximum Gasteiger partial charge on any atom is 0.140 e. The van der Waals surface area contributed by atoms with Crippen LogP contribution in [0.5, 0.6) is 5.75 Å². The summed E-state index contributed by atoms with van der Waals surface area (Å²) < 4.78 is 18.3. The standard InChI is InChI=1S/C12H11ClFN3O/c13-10-6-8(14)4-5-11(10)18-7-9-2-1-3-12(16-9)17-15/h1-6H,7,15H2,(H,16,17). The Morgan fingerprint density at radius 3 is 2.89 bits per heavy atom. The lowest BCUT2D eigenvalue weighted by Gasteiger charge is -2.08. The molecule has 0 spiro atoms. The Morgan fingerprint density at radius 2 is 2.17 bits per heavy atom. The van der Waals surface area contributed by atoms with Crippen LogP contribution in [0.4, 0.5) is 10.2 Å². The van der Waals surface area contributed by atoms with Gasteiger partial charge in [0.1, 0.15) is 24.0 Å². The molecule has 0 aliphatic carbocycles. The van der Waals surface area contributed by atoms with E-state index in [0.29, 0.717) is 17.3 Å². The first-order valence-electron chi connectivity index (χ1n) is 5.19. The first-order valence-corrected chi connectivity index (χ1v) is 5.57. The molecule has 1 aromatic heterocycles. The van der Waals surface area contributed by atoms with Crippen molar-refractivity contribution in [2.24, 2.45) is 5.84 Å². The number of anilines is 1. The van der Waals surface area contributed by atoms with Crippen LogP contribution in [-0.2, 0) is 6.61 Å². The number of nitrogen functional groups attached to an aromatic ring is 1. The number of hydrogen-bond donors (Lipinski definition) is 2. The molecule has 3 N–H and O–H groups in total. The molecule has 2 rings (SSSR count). The molecule has 0 amide bonds. The van der Waals surface area contributed by atoms with E-state index in [1.165, 1.54) is 18.2 Å². The highest BCUT2D eigenvalue weighted by molar-refractivity contribution is 6.32. The Kier molecular flexibility index (Phi) is 3.96. The number of pyridine rings is 1. The number of nitrogens with two attached hydrogens (primary N) is 1. The van der Waals surface area contributed by atoms with Gasteiger partial charge in [0.2, 0.25) is 0 Å². The average Bonchev–Trinajstić information content (AvgIpc) is 2.38. The molecule has 18 heavy (non-hydrogen) atoms. The summed E-state index contributed by atoms with van der Waals surface area (Å²) in [6, 6.07) is 9.27. The molecule has 0 saturated carbocycles. The zero-order valence-electron chi connectivity index (χ0n) is 9.36. The van der Waals surface area contributed by atoms with Gasteiger partial charge in [-0.15, -0.1) is 0 Å². The van der Waals surface area contributed by atoms with Crippen molar-refractivity contribution in [2.45, 2.75) is 6.61 Å². The fourth-order valence-electron chi connectivity index (χ4n) is 1.38. The van der Waals surface area contributed by atoms with Crippen molar-refractivity contribution in [3.8, 4) is 5.75 Å². The largest absolute Gasteiger partial charge is 0.486 e. The third kappa shape index (κ3) is 3.09. The minimum atomic E-state index is -0.403. The molecule has 0 bridgehead atoms. The van der Waals surface area contributed by atoms with Crippen LogP contribution < -0.4 is 16.0 Å². The second-order valence-electron chi connectivity index (χ2n) is 3.52. The Hall–Kier alpha value is -1.85. The fourth-order valence-corrected chi connectivity index (χ4v) is 1.61. The quantitative estimate of drug-likeness (QED) is 0.661. The lowest BCUT2D eigenvalue weighted by Crippen LogP contribution is -2.09. The van der Waals surface area contributed by atoms with E-state index in [1.54, 1.807) is 18.2 Å². The van der Waals surface area contributed by atoms with Gasteiger partial charge in [-0.25, -0.2) is 15.2 Å². The highest BCUT2D eigenvalue weighted by atomic mass is 35.5. The van der Waals surface area contributed by atoms with Crippen molar-refractivity contribution in [3.05, 3.63) is 52.9 Å². The summed E-state index contributed by atoms with van der Waals surface area (Å²) in [5.41, 5.74) is 3.13. The Morgan fingerprint density at radius 1 is 1.33 bits per heavy atom. The van der Waals surface area contributed by atoms with E-state index in [2.05, 4.69) is 10.4 Å². The van der Waals surface area contributed by atoms with Crippen LogP contribution in [0.25, 0.3) is 0 Å². The van der Waals surface area contributed by atoms with Crippen molar-refractivity contribution in [1.29, 1.82) is 0 Å². The third-order valence-corrected chi connectivity index (χ3v) is 2.52. The van der Waals surface area contributed by atoms with Gasteiger partial charge < -0.3 is 10.2 Å². The molecule has 4 nitrogen and oxygen atoms in total. The topological polar surface area (TPSA) is 60.2 Å². The number of rotatable bonds is 4. The molecule has 0 aliphatic rings. The Bertz CT molecular complexity index is 551. The van der Waals surface area contributed by atoms with Crippen molar-refractivity contribution in [2.75, 3.05) is 5.43 Å². The zero-order valence-corrected chi connectivity index (χ0v) is 10.1. The van der Waals surface area contributed by atoms with Crippen LogP contribution >= 0.6 is 11.6 Å². The predicted octanol–water partition coefficient (Wildman–Crippen LogP) is 2.74. The van der Waals surface area contributed by atoms with Crippen LogP contribution in [0.15, 0.2) is 36.4 Å². The van der Waals surface area contributed by atoms with Crippen molar-refractivity contribution >= 4 is 17.4 Å². The SMILES string of the molecule is NNc1cccc(COc2ccc(F)cc2Cl)n1. The van der Waals surface area contributed by atoms with E-state index >= 15 is 0 Å². The van der Waals surface area contributed by atoms with Crippen LogP contribution in [-0.4, -0.2) is 4.98 Å². The lowest BCUT2D eigenvalue weighted by molar-refractivity contribution is 0.301. The lowest BCUT2D eigenvalue weighted by atomic mass is 10.3. The molecular formula is C12H11ClFN3O. The molecule has 6 heteroatoms. The normalized spacial score (nSPS) is 10.2. The van der Waals surface area contributed by atoms with Gasteiger partial charge in [0.05, 0.1) is 10.7 Å². The van der Waals surface area contributed by atoms with Crippen LogP contribution in [0.1, 0.15) is 5.69 Å². The van der Waals surface area contributed by atoms with Gasteiger partial charge in [-0.2, -0.15) is 0 Å². The summed E-state index contributed by atoms with van der Waals surface area (Å²) in [7, 11) is 0. The summed E-state index contributed by atoms with van der Waals surface area (Å²) in [5, 5.41) is 0.225. The highest BCUT2D eigenvalue weighted by Gasteiger charge is 2.04. The molecule has 0 fully saturated rings. The molecule has 0 atom stereocenters. The number of nitrogens with one attached hydrogen (secondary N) is 1. The maximum atomic E-state index is 12.8. The molecular weight excluding hydrogens is 257 g/mol. The fraction of sp³-hybridized carbons (Fsp3) is 0.0833. The van der Waals surface area contributed by atoms with Gasteiger partial charge in [0, 0.05) is 0 Å². The van der Waals surface area contributed by atoms with Gasteiger partial charge in [0.15, 0.2) is 0 Å². The molecule has 2 aromatic rings. The van der Waals surface area contributed by atoms with E-state index in [1.807, 2.05) is 0 Å². The summed E-state index contributed by atoms with van der Waals surface area (Å²) in [5.74, 6) is 5.80. The van der Waals surface area contributed by atoms with E-state index < -0.39 is 5.82 Å². The van der Waals surface area contributed by atoms with Gasteiger partial charge in [0.25, 0.3) is 0 Å². The van der Waals surface area contributed by atoms with Gasteiger partial charge in [-0.1, -0.05) is 17.7 Å². The number of hydrazine groups is 1. The minimum Gasteiger partial charge on any atom is -0.486 e. The van der Waals surface area contributed by atoms with E-state index in [4.69, 9.17) is 22.2 Å². The molecule has 94 valence electrons. The maximum absolute atomic E-state index is 12.8. The average molecular weight is 268 g/mol. The monoisotopic (exact) mass is 267 g/mol. The zero-order chi connectivity index (χ0) is 13.0. The summed E-state index contributed by atoms with van der Waals surface area (Å²) in [6.45, 7) is 0.223. The van der Waals surface area contributed by atoms with Gasteiger partial charge in [-0.05, 0) is 30.3 Å². The number of nitrogens with zero attached hydrogens (tertiary/aromatic N) is 1. The van der Waals surface area contributed by atoms with Gasteiger partial charge >= 0.3 is 0 Å². The predicted molar refractivity (Wildman–Crippen MR) is 67.8 cm³/mol. The molecule has 1 aromatic carbocycles. The summed E-state index contributed by atoms with van der Waals surface area (Å²) in [4.78, 5) is 4.18. The van der Waals surface area contributed by atoms with Gasteiger partial charge in [-0.3, -0.25) is 0 Å². The van der Waals surface area contributed by atoms with Crippen LogP contribution in [0, 0.1) is 5.82 Å². The Labute approximate surface area is 109 Å². The first kappa shape index (κ1) is 12.6. The van der Waals surface area contributed by atoms with Crippen LogP contribution in [0.2, 0.25) is 5.02 Å². The molecule has 0 aliphatic heterocycles. The van der Waals surface area contributed by atoms with Crippen molar-refractivity contribution in [3.63, 3.8) is 0 Å². The van der Waals surface area contributed by atoms with Crippen LogP contribution in [0.3, 0.4) is 0 Å². The van der Waals surface area contributed by atoms with Crippen molar-refractivity contribution in [1.82, 2.24) is 4.98 Å². The molecule has 1 heterocycles. The number of aromatic nitrogens is 1. The highest BCUT2D eigenvalue weighted by Crippen LogP contribution is 2.25. The number of benzene rings is 1. The first-order chi connectivity index (χ1) is 8.69. The van der Waals surface area contributed by atoms with Crippen molar-refractivity contribution < 1.29 is 9.13 Å². The number of halogens is 2. The summed E-state index contributed by atoms with van der Waals surface area (Å²) >= 11 is 5.84. The molecule has 0 saturated heterocycles. The second-order valence-corrected chi connectivity index (χ2v) is 3.93. The molecule has 0 radical (unpaired) electrons. The Balaban J connectivity index is 2.06. The van der Waals surface area contributed by atoms with E-state index in [0.717, 1.165) is 0 Å². The summed E-state index contributed by atoms with van der Waals surface area (Å²) in [6.07, 6.45) is 0. The van der Waals surface area contributed by atoms with E-state index in [-0.39, 0.29) is 11.6 Å².